The molecule has 0 spiro atoms. The Hall–Kier alpha value is -0.420. The number of aliphatic hydroxyl groups is 1. The molecule has 1 N–H and O–H groups in total. The third-order valence-electron chi connectivity index (χ3n) is 2.77. The van der Waals surface area contributed by atoms with Crippen molar-refractivity contribution in [2.24, 2.45) is 5.92 Å². The molecule has 2 atom stereocenters. The molecule has 0 saturated carbocycles. The highest BCUT2D eigenvalue weighted by Gasteiger charge is 2.27. The Morgan fingerprint density at radius 2 is 2.25 bits per heavy atom. The van der Waals surface area contributed by atoms with Crippen LogP contribution in [0.15, 0.2) is 29.2 Å². The molecule has 88 valence electrons. The minimum atomic E-state index is -1.20. The molecule has 3 nitrogen and oxygen atoms in total. The first-order valence-electron chi connectivity index (χ1n) is 5.24. The Morgan fingerprint density at radius 1 is 1.50 bits per heavy atom. The van der Waals surface area contributed by atoms with Gasteiger partial charge in [-0.3, -0.25) is 0 Å². The number of hydrogen-bond donors (Lipinski definition) is 1. The van der Waals surface area contributed by atoms with Gasteiger partial charge in [0.1, 0.15) is 11.0 Å². The SMILES string of the molecule is O=S(c1ccccc1Cl)N1CCC(CO)C1. The molecular weight excluding hydrogens is 246 g/mol. The minimum absolute atomic E-state index is 0.163. The van der Waals surface area contributed by atoms with Crippen LogP contribution in [0.1, 0.15) is 6.42 Å². The monoisotopic (exact) mass is 259 g/mol. The summed E-state index contributed by atoms with van der Waals surface area (Å²) in [5.41, 5.74) is 0. The van der Waals surface area contributed by atoms with Crippen LogP contribution in [0, 0.1) is 5.92 Å². The van der Waals surface area contributed by atoms with Gasteiger partial charge >= 0.3 is 0 Å². The normalized spacial score (nSPS) is 23.5. The van der Waals surface area contributed by atoms with E-state index >= 15 is 0 Å². The molecule has 1 saturated heterocycles. The van der Waals surface area contributed by atoms with E-state index in [0.717, 1.165) is 13.0 Å². The molecule has 2 rings (SSSR count). The van der Waals surface area contributed by atoms with Crippen LogP contribution in [0.25, 0.3) is 0 Å². The maximum atomic E-state index is 12.2. The van der Waals surface area contributed by atoms with Gasteiger partial charge in [-0.1, -0.05) is 23.7 Å². The van der Waals surface area contributed by atoms with E-state index in [1.807, 2.05) is 16.4 Å². The van der Waals surface area contributed by atoms with Crippen molar-refractivity contribution >= 4 is 22.6 Å². The van der Waals surface area contributed by atoms with E-state index in [-0.39, 0.29) is 12.5 Å². The summed E-state index contributed by atoms with van der Waals surface area (Å²) in [6.07, 6.45) is 0.896. The molecule has 0 aromatic heterocycles. The van der Waals surface area contributed by atoms with Gasteiger partial charge in [-0.05, 0) is 24.5 Å². The second kappa shape index (κ2) is 5.27. The van der Waals surface area contributed by atoms with Crippen LogP contribution in [0.3, 0.4) is 0 Å². The van der Waals surface area contributed by atoms with E-state index in [0.29, 0.717) is 16.5 Å². The summed E-state index contributed by atoms with van der Waals surface area (Å²) in [7, 11) is -1.20. The lowest BCUT2D eigenvalue weighted by molar-refractivity contribution is 0.233. The lowest BCUT2D eigenvalue weighted by atomic mass is 10.1. The lowest BCUT2D eigenvalue weighted by Gasteiger charge is -2.15. The van der Waals surface area contributed by atoms with Gasteiger partial charge in [0, 0.05) is 19.7 Å². The molecule has 0 aliphatic carbocycles. The van der Waals surface area contributed by atoms with Crippen LogP contribution in [0.4, 0.5) is 0 Å². The number of rotatable bonds is 3. The van der Waals surface area contributed by atoms with Gasteiger partial charge in [0.25, 0.3) is 0 Å². The number of aliphatic hydroxyl groups excluding tert-OH is 1. The van der Waals surface area contributed by atoms with Crippen LogP contribution in [-0.2, 0) is 11.0 Å². The molecule has 0 bridgehead atoms. The third kappa shape index (κ3) is 2.46. The van der Waals surface area contributed by atoms with Gasteiger partial charge < -0.3 is 5.11 Å². The predicted octanol–water partition coefficient (Wildman–Crippen LogP) is 1.68. The van der Waals surface area contributed by atoms with Gasteiger partial charge in [0.05, 0.1) is 9.92 Å². The average Bonchev–Trinajstić information content (AvgIpc) is 2.77. The first-order valence-corrected chi connectivity index (χ1v) is 6.73. The van der Waals surface area contributed by atoms with Crippen molar-refractivity contribution in [3.63, 3.8) is 0 Å². The fourth-order valence-electron chi connectivity index (χ4n) is 1.82. The highest BCUT2D eigenvalue weighted by Crippen LogP contribution is 2.25. The summed E-state index contributed by atoms with van der Waals surface area (Å²) < 4.78 is 14.1. The zero-order valence-electron chi connectivity index (χ0n) is 8.80. The molecule has 16 heavy (non-hydrogen) atoms. The van der Waals surface area contributed by atoms with Gasteiger partial charge in [-0.2, -0.15) is 0 Å². The van der Waals surface area contributed by atoms with Gasteiger partial charge in [-0.15, -0.1) is 0 Å². The topological polar surface area (TPSA) is 40.5 Å². The standard InChI is InChI=1S/C11H14ClNO2S/c12-10-3-1-2-4-11(10)16(15)13-6-5-9(7-13)8-14/h1-4,9,14H,5-8H2. The van der Waals surface area contributed by atoms with Crippen LogP contribution in [0.5, 0.6) is 0 Å². The molecule has 1 aliphatic rings. The Morgan fingerprint density at radius 3 is 2.88 bits per heavy atom. The van der Waals surface area contributed by atoms with Crippen LogP contribution in [-0.4, -0.2) is 33.3 Å². The second-order valence-electron chi connectivity index (χ2n) is 3.90. The van der Waals surface area contributed by atoms with Crippen molar-refractivity contribution in [1.29, 1.82) is 0 Å². The summed E-state index contributed by atoms with van der Waals surface area (Å²) in [5.74, 6) is 0.242. The largest absolute Gasteiger partial charge is 0.396 e. The predicted molar refractivity (Wildman–Crippen MR) is 64.6 cm³/mol. The molecule has 0 radical (unpaired) electrons. The summed E-state index contributed by atoms with van der Waals surface area (Å²) in [6.45, 7) is 1.59. The minimum Gasteiger partial charge on any atom is -0.396 e. The summed E-state index contributed by atoms with van der Waals surface area (Å²) in [5, 5.41) is 9.57. The molecule has 1 fully saturated rings. The quantitative estimate of drug-likeness (QED) is 0.897. The smallest absolute Gasteiger partial charge is 0.129 e. The molecule has 1 aromatic carbocycles. The Labute approximate surface area is 103 Å². The van der Waals surface area contributed by atoms with Gasteiger partial charge in [0.15, 0.2) is 0 Å². The molecule has 1 heterocycles. The molecule has 5 heteroatoms. The maximum Gasteiger partial charge on any atom is 0.129 e. The first-order chi connectivity index (χ1) is 7.72. The maximum absolute atomic E-state index is 12.2. The summed E-state index contributed by atoms with van der Waals surface area (Å²) in [4.78, 5) is 0.655. The van der Waals surface area contributed by atoms with E-state index < -0.39 is 11.0 Å². The highest BCUT2D eigenvalue weighted by atomic mass is 35.5. The molecular formula is C11H14ClNO2S. The highest BCUT2D eigenvalue weighted by molar-refractivity contribution is 7.82. The number of nitrogens with zero attached hydrogens (tertiary/aromatic N) is 1. The van der Waals surface area contributed by atoms with Gasteiger partial charge in [0.2, 0.25) is 0 Å². The van der Waals surface area contributed by atoms with Crippen molar-refractivity contribution in [2.45, 2.75) is 11.3 Å². The molecule has 0 amide bonds. The Kier molecular flexibility index (Phi) is 3.97. The molecule has 1 aromatic rings. The van der Waals surface area contributed by atoms with Crippen molar-refractivity contribution in [3.8, 4) is 0 Å². The van der Waals surface area contributed by atoms with Gasteiger partial charge in [-0.25, -0.2) is 8.51 Å². The van der Waals surface area contributed by atoms with Crippen molar-refractivity contribution in [1.82, 2.24) is 4.31 Å². The number of halogens is 1. The Bertz CT molecular complexity index is 399. The van der Waals surface area contributed by atoms with E-state index in [1.165, 1.54) is 0 Å². The second-order valence-corrected chi connectivity index (χ2v) is 5.77. The number of hydrogen-bond acceptors (Lipinski definition) is 2. The zero-order valence-corrected chi connectivity index (χ0v) is 10.4. The summed E-state index contributed by atoms with van der Waals surface area (Å²) >= 11 is 6.00. The zero-order chi connectivity index (χ0) is 11.5. The third-order valence-corrected chi connectivity index (χ3v) is 4.74. The summed E-state index contributed by atoms with van der Waals surface area (Å²) in [6, 6.07) is 7.18. The van der Waals surface area contributed by atoms with Crippen molar-refractivity contribution in [3.05, 3.63) is 29.3 Å². The fraction of sp³-hybridized carbons (Fsp3) is 0.455. The Balaban J connectivity index is 2.12. The van der Waals surface area contributed by atoms with E-state index in [9.17, 15) is 4.21 Å². The van der Waals surface area contributed by atoms with E-state index in [2.05, 4.69) is 0 Å². The van der Waals surface area contributed by atoms with Crippen LogP contribution in [0.2, 0.25) is 5.02 Å². The lowest BCUT2D eigenvalue weighted by Crippen LogP contribution is -2.24. The van der Waals surface area contributed by atoms with Crippen LogP contribution >= 0.6 is 11.6 Å². The van der Waals surface area contributed by atoms with Crippen molar-refractivity contribution < 1.29 is 9.32 Å². The fourth-order valence-corrected chi connectivity index (χ4v) is 3.48. The van der Waals surface area contributed by atoms with E-state index in [1.54, 1.807) is 12.1 Å². The molecule has 1 aliphatic heterocycles. The first kappa shape index (κ1) is 12.0. The molecule has 2 unspecified atom stereocenters. The van der Waals surface area contributed by atoms with E-state index in [4.69, 9.17) is 16.7 Å². The average molecular weight is 260 g/mol. The van der Waals surface area contributed by atoms with Crippen molar-refractivity contribution in [2.75, 3.05) is 19.7 Å². The van der Waals surface area contributed by atoms with Crippen LogP contribution < -0.4 is 0 Å². The number of benzene rings is 1.